The second kappa shape index (κ2) is 12.3. The Labute approximate surface area is 246 Å². The van der Waals surface area contributed by atoms with E-state index in [1.807, 2.05) is 13.8 Å². The summed E-state index contributed by atoms with van der Waals surface area (Å²) >= 11 is 1.24. The number of nitrogens with zero attached hydrogens (tertiary/aromatic N) is 6. The van der Waals surface area contributed by atoms with E-state index in [9.17, 15) is 24.2 Å². The van der Waals surface area contributed by atoms with Gasteiger partial charge in [0.05, 0.1) is 50.9 Å². The van der Waals surface area contributed by atoms with E-state index < -0.39 is 24.3 Å². The first-order valence-corrected chi connectivity index (χ1v) is 14.6. The lowest BCUT2D eigenvalue weighted by molar-refractivity contribution is -0.133. The van der Waals surface area contributed by atoms with E-state index in [0.29, 0.717) is 52.0 Å². The molecule has 4 heterocycles. The number of hydrogen-bond donors (Lipinski definition) is 2. The van der Waals surface area contributed by atoms with Crippen LogP contribution < -0.4 is 9.64 Å². The lowest BCUT2D eigenvalue weighted by Gasteiger charge is -2.44. The van der Waals surface area contributed by atoms with Crippen molar-refractivity contribution in [2.75, 3.05) is 44.9 Å². The summed E-state index contributed by atoms with van der Waals surface area (Å²) in [6.07, 6.45) is 1.31. The third-order valence-electron chi connectivity index (χ3n) is 7.61. The average Bonchev–Trinajstić information content (AvgIpc) is 3.73. The number of amides is 2. The number of likely N-dealkylation sites (tertiary alicyclic amines) is 1. The lowest BCUT2D eigenvalue weighted by Crippen LogP contribution is -2.60. The molecule has 3 aromatic rings. The number of benzene rings is 1. The smallest absolute Gasteiger partial charge is 0.260 e. The van der Waals surface area contributed by atoms with Crippen molar-refractivity contribution in [2.24, 2.45) is 5.92 Å². The van der Waals surface area contributed by atoms with Gasteiger partial charge >= 0.3 is 0 Å². The van der Waals surface area contributed by atoms with Crippen LogP contribution in [0.4, 0.5) is 9.39 Å². The SMILES string of the molecule is COc1ccc(F)cc1[C@H](CN1c2sc(-n3nccn3)c(C)c2C(=O)N([C@@H]2CCN(C(=O)C(C)C)C2)C1O)OCCO. The summed E-state index contributed by atoms with van der Waals surface area (Å²) in [7, 11) is 1.46. The number of carbonyl (C=O) groups is 2. The molecule has 2 aliphatic rings. The molecule has 5 rings (SSSR count). The van der Waals surface area contributed by atoms with E-state index in [1.165, 1.54) is 58.7 Å². The molecule has 3 atom stereocenters. The molecule has 2 amide bonds. The first kappa shape index (κ1) is 29.9. The zero-order valence-electron chi connectivity index (χ0n) is 23.9. The van der Waals surface area contributed by atoms with Crippen LogP contribution in [-0.4, -0.2) is 99.2 Å². The molecule has 2 N–H and O–H groups in total. The maximum atomic E-state index is 14.4. The van der Waals surface area contributed by atoms with Crippen LogP contribution in [0, 0.1) is 18.7 Å². The largest absolute Gasteiger partial charge is 0.496 e. The fourth-order valence-corrected chi connectivity index (χ4v) is 6.82. The standard InChI is InChI=1S/C28H35FN6O6S/c1-16(2)24(37)32-10-7-19(14-32)34-25(38)23-17(3)26(35-30-8-9-31-35)42-27(23)33(28(34)39)15-22(41-12-11-36)20-13-18(29)5-6-21(20)40-4/h5-6,8-9,13,16,19,22,28,36,39H,7,10-12,14-15H2,1-4H3/t19-,22+,28?/m1/s1. The second-order valence-electron chi connectivity index (χ2n) is 10.6. The molecule has 0 bridgehead atoms. The Morgan fingerprint density at radius 2 is 1.98 bits per heavy atom. The van der Waals surface area contributed by atoms with Crippen molar-refractivity contribution in [3.63, 3.8) is 0 Å². The molecule has 226 valence electrons. The number of halogens is 1. The van der Waals surface area contributed by atoms with Crippen LogP contribution in [0.5, 0.6) is 5.75 Å². The summed E-state index contributed by atoms with van der Waals surface area (Å²) in [6, 6.07) is 3.63. The van der Waals surface area contributed by atoms with Crippen LogP contribution >= 0.6 is 11.3 Å². The van der Waals surface area contributed by atoms with E-state index >= 15 is 0 Å². The van der Waals surface area contributed by atoms with Crippen molar-refractivity contribution in [3.8, 4) is 10.8 Å². The molecule has 12 nitrogen and oxygen atoms in total. The highest BCUT2D eigenvalue weighted by atomic mass is 32.1. The molecule has 0 saturated carbocycles. The quantitative estimate of drug-likeness (QED) is 0.359. The Bertz CT molecular complexity index is 1430. The molecule has 1 saturated heterocycles. The third-order valence-corrected chi connectivity index (χ3v) is 8.91. The number of rotatable bonds is 10. The van der Waals surface area contributed by atoms with Crippen molar-refractivity contribution in [1.29, 1.82) is 0 Å². The van der Waals surface area contributed by atoms with Crippen LogP contribution in [0.25, 0.3) is 5.00 Å². The van der Waals surface area contributed by atoms with E-state index in [4.69, 9.17) is 9.47 Å². The number of aliphatic hydroxyl groups is 2. The van der Waals surface area contributed by atoms with Crippen molar-refractivity contribution < 1.29 is 33.7 Å². The Morgan fingerprint density at radius 1 is 1.24 bits per heavy atom. The minimum Gasteiger partial charge on any atom is -0.496 e. The molecule has 0 spiro atoms. The van der Waals surface area contributed by atoms with Crippen LogP contribution in [0.3, 0.4) is 0 Å². The van der Waals surface area contributed by atoms with Crippen LogP contribution in [0.2, 0.25) is 0 Å². The summed E-state index contributed by atoms with van der Waals surface area (Å²) in [5.74, 6) is -0.687. The molecule has 2 aliphatic heterocycles. The molecule has 1 fully saturated rings. The van der Waals surface area contributed by atoms with Gasteiger partial charge in [-0.05, 0) is 31.5 Å². The monoisotopic (exact) mass is 602 g/mol. The summed E-state index contributed by atoms with van der Waals surface area (Å²) in [5.41, 5.74) is 1.42. The minimum atomic E-state index is -1.42. The van der Waals surface area contributed by atoms with Crippen molar-refractivity contribution in [1.82, 2.24) is 24.8 Å². The fourth-order valence-electron chi connectivity index (χ4n) is 5.58. The molecule has 0 radical (unpaired) electrons. The summed E-state index contributed by atoms with van der Waals surface area (Å²) in [5, 5.41) is 31.0. The fraction of sp³-hybridized carbons (Fsp3) is 0.500. The number of hydrogen-bond acceptors (Lipinski definition) is 10. The first-order chi connectivity index (χ1) is 20.2. The van der Waals surface area contributed by atoms with Gasteiger partial charge in [0, 0.05) is 30.1 Å². The van der Waals surface area contributed by atoms with Crippen LogP contribution in [-0.2, 0) is 9.53 Å². The van der Waals surface area contributed by atoms with Gasteiger partial charge < -0.3 is 29.5 Å². The predicted molar refractivity (Wildman–Crippen MR) is 152 cm³/mol. The second-order valence-corrected chi connectivity index (χ2v) is 11.6. The van der Waals surface area contributed by atoms with E-state index in [-0.39, 0.29) is 37.5 Å². The Balaban J connectivity index is 1.58. The number of anilines is 1. The summed E-state index contributed by atoms with van der Waals surface area (Å²) in [4.78, 5) is 33.0. The normalized spacial score (nSPS) is 19.5. The van der Waals surface area contributed by atoms with Gasteiger partial charge in [-0.1, -0.05) is 25.2 Å². The van der Waals surface area contributed by atoms with E-state index in [2.05, 4.69) is 10.2 Å². The van der Waals surface area contributed by atoms with Gasteiger partial charge in [0.25, 0.3) is 5.91 Å². The number of methoxy groups -OCH3 is 1. The van der Waals surface area contributed by atoms with Gasteiger partial charge in [-0.3, -0.25) is 14.5 Å². The van der Waals surface area contributed by atoms with Crippen LogP contribution in [0.1, 0.15) is 47.9 Å². The van der Waals surface area contributed by atoms with Gasteiger partial charge in [-0.25, -0.2) is 4.39 Å². The van der Waals surface area contributed by atoms with Crippen molar-refractivity contribution >= 4 is 28.2 Å². The van der Waals surface area contributed by atoms with Crippen molar-refractivity contribution in [3.05, 3.63) is 53.1 Å². The Hall–Kier alpha value is -3.59. The lowest BCUT2D eigenvalue weighted by atomic mass is 10.0. The number of carbonyl (C=O) groups excluding carboxylic acids is 2. The zero-order chi connectivity index (χ0) is 30.1. The summed E-state index contributed by atoms with van der Waals surface area (Å²) < 4.78 is 25.9. The Morgan fingerprint density at radius 3 is 2.64 bits per heavy atom. The van der Waals surface area contributed by atoms with Gasteiger partial charge in [0.1, 0.15) is 27.7 Å². The van der Waals surface area contributed by atoms with E-state index in [1.54, 1.807) is 16.7 Å². The molecule has 0 aliphatic carbocycles. The topological polar surface area (TPSA) is 133 Å². The zero-order valence-corrected chi connectivity index (χ0v) is 24.8. The molecule has 2 aromatic heterocycles. The van der Waals surface area contributed by atoms with Gasteiger partial charge in [-0.2, -0.15) is 10.2 Å². The number of ether oxygens (including phenoxy) is 2. The van der Waals surface area contributed by atoms with E-state index in [0.717, 1.165) is 0 Å². The average molecular weight is 603 g/mol. The van der Waals surface area contributed by atoms with Crippen molar-refractivity contribution in [2.45, 2.75) is 45.7 Å². The predicted octanol–water partition coefficient (Wildman–Crippen LogP) is 2.33. The number of aliphatic hydroxyl groups excluding tert-OH is 2. The molecular formula is C28H35FN6O6S. The number of thiophene rings is 1. The molecule has 1 unspecified atom stereocenters. The highest BCUT2D eigenvalue weighted by molar-refractivity contribution is 7.19. The number of aromatic nitrogens is 3. The van der Waals surface area contributed by atoms with Gasteiger partial charge in [-0.15, -0.1) is 4.80 Å². The summed E-state index contributed by atoms with van der Waals surface area (Å²) in [6.45, 7) is 5.89. The number of fused-ring (bicyclic) bond motifs is 1. The molecular weight excluding hydrogens is 567 g/mol. The molecule has 1 aromatic carbocycles. The maximum absolute atomic E-state index is 14.4. The van der Waals surface area contributed by atoms with Crippen LogP contribution in [0.15, 0.2) is 30.6 Å². The minimum absolute atomic E-state index is 0.00888. The first-order valence-electron chi connectivity index (χ1n) is 13.8. The maximum Gasteiger partial charge on any atom is 0.260 e. The highest BCUT2D eigenvalue weighted by Gasteiger charge is 2.46. The third kappa shape index (κ3) is 5.46. The highest BCUT2D eigenvalue weighted by Crippen LogP contribution is 2.45. The molecule has 14 heteroatoms. The molecule has 42 heavy (non-hydrogen) atoms. The Kier molecular flexibility index (Phi) is 8.78. The van der Waals surface area contributed by atoms with Gasteiger partial charge in [0.2, 0.25) is 12.3 Å². The van der Waals surface area contributed by atoms with Gasteiger partial charge in [0.15, 0.2) is 0 Å².